The van der Waals surface area contributed by atoms with Crippen molar-refractivity contribution in [2.24, 2.45) is 10.2 Å². The molecule has 0 saturated heterocycles. The molecule has 0 unspecified atom stereocenters. The van der Waals surface area contributed by atoms with Crippen LogP contribution in [0.5, 0.6) is 0 Å². The Labute approximate surface area is 236 Å². The van der Waals surface area contributed by atoms with Gasteiger partial charge in [0.1, 0.15) is 22.7 Å². The van der Waals surface area contributed by atoms with Crippen LogP contribution in [-0.2, 0) is 4.74 Å². The lowest BCUT2D eigenvalue weighted by Crippen LogP contribution is -2.04. The summed E-state index contributed by atoms with van der Waals surface area (Å²) < 4.78 is 5.12. The van der Waals surface area contributed by atoms with Gasteiger partial charge in [-0.2, -0.15) is 10.5 Å². The molecule has 0 bridgehead atoms. The van der Waals surface area contributed by atoms with Gasteiger partial charge in [0, 0.05) is 16.9 Å². The first-order valence-corrected chi connectivity index (χ1v) is 13.3. The lowest BCUT2D eigenvalue weighted by Gasteiger charge is -2.16. The maximum Gasteiger partial charge on any atom is 0.348 e. The number of pyridine rings is 1. The van der Waals surface area contributed by atoms with E-state index in [1.807, 2.05) is 62.4 Å². The fourth-order valence-electron chi connectivity index (χ4n) is 3.87. The van der Waals surface area contributed by atoms with E-state index in [0.717, 1.165) is 33.8 Å². The van der Waals surface area contributed by atoms with Gasteiger partial charge >= 0.3 is 5.97 Å². The Balaban J connectivity index is 1.83. The molecule has 2 aromatic carbocycles. The van der Waals surface area contributed by atoms with Gasteiger partial charge in [0.25, 0.3) is 0 Å². The predicted octanol–water partition coefficient (Wildman–Crippen LogP) is 8.20. The Bertz CT molecular complexity index is 1680. The van der Waals surface area contributed by atoms with Crippen molar-refractivity contribution in [3.63, 3.8) is 0 Å². The van der Waals surface area contributed by atoms with Crippen molar-refractivity contribution < 1.29 is 9.53 Å². The highest BCUT2D eigenvalue weighted by atomic mass is 32.1. The van der Waals surface area contributed by atoms with E-state index >= 15 is 0 Å². The minimum atomic E-state index is -0.513. The third-order valence-electron chi connectivity index (χ3n) is 6.10. The Hall–Kier alpha value is -5.06. The number of azo groups is 1. The fourth-order valence-corrected chi connectivity index (χ4v) is 4.84. The van der Waals surface area contributed by atoms with E-state index in [0.29, 0.717) is 38.9 Å². The summed E-state index contributed by atoms with van der Waals surface area (Å²) in [6.07, 6.45) is 0. The zero-order valence-corrected chi connectivity index (χ0v) is 23.6. The number of thiophene rings is 1. The number of ether oxygens (including phenoxy) is 1. The SMILES string of the molecule is CCOC(=O)c1sc(N=Nc2c(Nc3ccc(C)cc3)nc(Nc3ccc(C)cc3)c(C#N)c2C)c(C#N)c1C. The summed E-state index contributed by atoms with van der Waals surface area (Å²) >= 11 is 1.04. The Morgan fingerprint density at radius 1 is 0.850 bits per heavy atom. The summed E-state index contributed by atoms with van der Waals surface area (Å²) in [5, 5.41) is 35.4. The summed E-state index contributed by atoms with van der Waals surface area (Å²) in [7, 11) is 0. The van der Waals surface area contributed by atoms with Gasteiger partial charge in [-0.3, -0.25) is 0 Å². The van der Waals surface area contributed by atoms with Crippen molar-refractivity contribution in [3.05, 3.63) is 86.8 Å². The standard InChI is InChI=1S/C30H27N7O2S/c1-6-39-30(38)26-20(5)24(16-32)29(40-26)37-36-25-19(4)23(15-31)27(33-21-11-7-17(2)8-12-21)35-28(25)34-22-13-9-18(3)10-14-22/h7-14H,6H2,1-5H3,(H2,33,34,35). The summed E-state index contributed by atoms with van der Waals surface area (Å²) in [4.78, 5) is 17.4. The number of hydrogen-bond acceptors (Lipinski definition) is 10. The molecule has 10 heteroatoms. The number of hydrogen-bond donors (Lipinski definition) is 2. The first-order valence-electron chi connectivity index (χ1n) is 12.5. The molecule has 4 rings (SSSR count). The molecule has 0 aliphatic carbocycles. The minimum Gasteiger partial charge on any atom is -0.462 e. The lowest BCUT2D eigenvalue weighted by atomic mass is 10.1. The molecule has 40 heavy (non-hydrogen) atoms. The van der Waals surface area contributed by atoms with Gasteiger partial charge in [-0.25, -0.2) is 9.78 Å². The maximum absolute atomic E-state index is 12.4. The number of nitrogens with one attached hydrogen (secondary N) is 2. The van der Waals surface area contributed by atoms with Crippen molar-refractivity contribution in [2.75, 3.05) is 17.2 Å². The molecule has 0 saturated carbocycles. The monoisotopic (exact) mass is 549 g/mol. The van der Waals surface area contributed by atoms with Crippen LogP contribution in [0.15, 0.2) is 58.8 Å². The normalized spacial score (nSPS) is 10.7. The molecular weight excluding hydrogens is 522 g/mol. The van der Waals surface area contributed by atoms with E-state index in [2.05, 4.69) is 33.0 Å². The van der Waals surface area contributed by atoms with Gasteiger partial charge in [0.2, 0.25) is 0 Å². The van der Waals surface area contributed by atoms with Gasteiger partial charge in [0.15, 0.2) is 16.6 Å². The van der Waals surface area contributed by atoms with Crippen molar-refractivity contribution in [3.8, 4) is 12.1 Å². The van der Waals surface area contributed by atoms with Gasteiger partial charge in [-0.1, -0.05) is 35.4 Å². The van der Waals surface area contributed by atoms with Crippen LogP contribution in [0.1, 0.15) is 50.0 Å². The first-order chi connectivity index (χ1) is 19.2. The number of rotatable bonds is 8. The van der Waals surface area contributed by atoms with Crippen LogP contribution in [0, 0.1) is 50.4 Å². The summed E-state index contributed by atoms with van der Waals surface area (Å²) in [5.41, 5.74) is 5.68. The smallest absolute Gasteiger partial charge is 0.348 e. The number of aryl methyl sites for hydroxylation is 2. The van der Waals surface area contributed by atoms with E-state index in [-0.39, 0.29) is 17.2 Å². The lowest BCUT2D eigenvalue weighted by molar-refractivity contribution is 0.0531. The van der Waals surface area contributed by atoms with Crippen LogP contribution < -0.4 is 10.6 Å². The summed E-state index contributed by atoms with van der Waals surface area (Å²) in [6, 6.07) is 19.9. The largest absolute Gasteiger partial charge is 0.462 e. The van der Waals surface area contributed by atoms with Crippen LogP contribution in [-0.4, -0.2) is 17.6 Å². The van der Waals surface area contributed by atoms with E-state index in [1.54, 1.807) is 20.8 Å². The third kappa shape index (κ3) is 5.98. The van der Waals surface area contributed by atoms with Crippen molar-refractivity contribution >= 4 is 51.0 Å². The Morgan fingerprint density at radius 3 is 1.93 bits per heavy atom. The average molecular weight is 550 g/mol. The van der Waals surface area contributed by atoms with Crippen LogP contribution in [0.4, 0.5) is 33.7 Å². The molecule has 0 spiro atoms. The molecule has 0 amide bonds. The summed E-state index contributed by atoms with van der Waals surface area (Å²) in [5.74, 6) is 0.226. The molecule has 0 aliphatic heterocycles. The molecule has 9 nitrogen and oxygen atoms in total. The van der Waals surface area contributed by atoms with Gasteiger partial charge in [-0.05, 0) is 64.4 Å². The highest BCUT2D eigenvalue weighted by molar-refractivity contribution is 7.18. The molecule has 0 aliphatic rings. The van der Waals surface area contributed by atoms with Crippen LogP contribution in [0.3, 0.4) is 0 Å². The number of benzene rings is 2. The van der Waals surface area contributed by atoms with Crippen LogP contribution >= 0.6 is 11.3 Å². The number of carbonyl (C=O) groups excluding carboxylic acids is 1. The second kappa shape index (κ2) is 12.2. The van der Waals surface area contributed by atoms with Crippen molar-refractivity contribution in [2.45, 2.75) is 34.6 Å². The molecule has 2 N–H and O–H groups in total. The molecule has 0 atom stereocenters. The number of aromatic nitrogens is 1. The topological polar surface area (TPSA) is 136 Å². The zero-order chi connectivity index (χ0) is 28.8. The summed E-state index contributed by atoms with van der Waals surface area (Å²) in [6.45, 7) is 9.38. The molecular formula is C30H27N7O2S. The van der Waals surface area contributed by atoms with Crippen LogP contribution in [0.2, 0.25) is 0 Å². The quantitative estimate of drug-likeness (QED) is 0.167. The number of nitrogens with zero attached hydrogens (tertiary/aromatic N) is 5. The highest BCUT2D eigenvalue weighted by Gasteiger charge is 2.22. The number of anilines is 4. The minimum absolute atomic E-state index is 0.216. The number of esters is 1. The van der Waals surface area contributed by atoms with Gasteiger partial charge in [0.05, 0.1) is 17.7 Å². The van der Waals surface area contributed by atoms with Crippen LogP contribution in [0.25, 0.3) is 0 Å². The molecule has 200 valence electrons. The molecule has 2 heterocycles. The third-order valence-corrected chi connectivity index (χ3v) is 7.25. The van der Waals surface area contributed by atoms with Gasteiger partial charge in [-0.15, -0.1) is 21.6 Å². The Morgan fingerprint density at radius 2 is 1.40 bits per heavy atom. The second-order valence-electron chi connectivity index (χ2n) is 9.02. The molecule has 2 aromatic heterocycles. The molecule has 4 aromatic rings. The van der Waals surface area contributed by atoms with E-state index < -0.39 is 5.97 Å². The number of carbonyl (C=O) groups is 1. The highest BCUT2D eigenvalue weighted by Crippen LogP contribution is 2.40. The van der Waals surface area contributed by atoms with Crippen molar-refractivity contribution in [1.29, 1.82) is 10.5 Å². The second-order valence-corrected chi connectivity index (χ2v) is 10.0. The first kappa shape index (κ1) is 28.0. The predicted molar refractivity (Wildman–Crippen MR) is 157 cm³/mol. The average Bonchev–Trinajstić information content (AvgIpc) is 3.26. The Kier molecular flexibility index (Phi) is 8.53. The number of nitriles is 2. The molecule has 0 fully saturated rings. The van der Waals surface area contributed by atoms with Crippen molar-refractivity contribution in [1.82, 2.24) is 4.98 Å². The van der Waals surface area contributed by atoms with E-state index in [4.69, 9.17) is 9.72 Å². The van der Waals surface area contributed by atoms with E-state index in [9.17, 15) is 15.3 Å². The zero-order valence-electron chi connectivity index (χ0n) is 22.8. The van der Waals surface area contributed by atoms with E-state index in [1.165, 1.54) is 0 Å². The molecule has 0 radical (unpaired) electrons. The van der Waals surface area contributed by atoms with Gasteiger partial charge < -0.3 is 15.4 Å². The fraction of sp³-hybridized carbons (Fsp3) is 0.200. The maximum atomic E-state index is 12.4.